The van der Waals surface area contributed by atoms with E-state index in [0.29, 0.717) is 17.5 Å². The average Bonchev–Trinajstić information content (AvgIpc) is 2.73. The Bertz CT molecular complexity index is 329. The van der Waals surface area contributed by atoms with Crippen LogP contribution >= 0.6 is 11.3 Å². The highest BCUT2D eigenvalue weighted by molar-refractivity contribution is 7.07. The Morgan fingerprint density at radius 3 is 2.94 bits per heavy atom. The Balaban J connectivity index is 1.87. The molecule has 0 aliphatic heterocycles. The molecule has 17 heavy (non-hydrogen) atoms. The Labute approximate surface area is 110 Å². The lowest BCUT2D eigenvalue weighted by Crippen LogP contribution is -2.48. The highest BCUT2D eigenvalue weighted by Gasteiger charge is 2.32. The molecule has 2 atom stereocenters. The van der Waals surface area contributed by atoms with Gasteiger partial charge in [0, 0.05) is 12.1 Å². The summed E-state index contributed by atoms with van der Waals surface area (Å²) < 4.78 is 0. The molecule has 2 rings (SSSR count). The second-order valence-electron chi connectivity index (χ2n) is 6.19. The molecule has 0 aromatic carbocycles. The fourth-order valence-electron chi connectivity index (χ4n) is 2.97. The Morgan fingerprint density at radius 1 is 1.47 bits per heavy atom. The number of nitrogens with one attached hydrogen (secondary N) is 1. The molecule has 0 radical (unpaired) electrons. The van der Waals surface area contributed by atoms with Gasteiger partial charge in [-0.3, -0.25) is 0 Å². The first-order valence-corrected chi connectivity index (χ1v) is 7.79. The summed E-state index contributed by atoms with van der Waals surface area (Å²) in [6.45, 7) is 7.16. The van der Waals surface area contributed by atoms with Gasteiger partial charge in [0.2, 0.25) is 0 Å². The lowest BCUT2D eigenvalue weighted by molar-refractivity contribution is 0.157. The predicted molar refractivity (Wildman–Crippen MR) is 76.7 cm³/mol. The molecule has 1 fully saturated rings. The molecule has 96 valence electrons. The Hall–Kier alpha value is -0.340. The van der Waals surface area contributed by atoms with Crippen molar-refractivity contribution in [3.63, 3.8) is 0 Å². The van der Waals surface area contributed by atoms with E-state index in [4.69, 9.17) is 0 Å². The maximum Gasteiger partial charge on any atom is 0.0121 e. The van der Waals surface area contributed by atoms with E-state index in [0.717, 1.165) is 6.42 Å². The first kappa shape index (κ1) is 13.1. The third kappa shape index (κ3) is 3.56. The summed E-state index contributed by atoms with van der Waals surface area (Å²) in [5.41, 5.74) is 1.95. The zero-order valence-electron chi connectivity index (χ0n) is 11.3. The standard InChI is InChI=1S/C15H25NS/c1-12(10-13-7-9-17-11-13)16-14-6-4-5-8-15(14,2)3/h7,9,11-12,14,16H,4-6,8,10H2,1-3H3. The fourth-order valence-corrected chi connectivity index (χ4v) is 3.65. The van der Waals surface area contributed by atoms with Gasteiger partial charge in [-0.15, -0.1) is 0 Å². The normalized spacial score (nSPS) is 25.7. The first-order chi connectivity index (χ1) is 8.08. The second-order valence-corrected chi connectivity index (χ2v) is 6.97. The van der Waals surface area contributed by atoms with Crippen LogP contribution in [0.1, 0.15) is 52.0 Å². The molecule has 1 heterocycles. The van der Waals surface area contributed by atoms with Crippen LogP contribution in [0.2, 0.25) is 0 Å². The molecule has 1 saturated carbocycles. The van der Waals surface area contributed by atoms with E-state index in [1.807, 2.05) is 0 Å². The van der Waals surface area contributed by atoms with Crippen LogP contribution in [0.25, 0.3) is 0 Å². The van der Waals surface area contributed by atoms with Gasteiger partial charge in [0.15, 0.2) is 0 Å². The molecular weight excluding hydrogens is 226 g/mol. The highest BCUT2D eigenvalue weighted by atomic mass is 32.1. The molecule has 0 amide bonds. The third-order valence-electron chi connectivity index (χ3n) is 4.11. The SMILES string of the molecule is CC(Cc1ccsc1)NC1CCCCC1(C)C. The zero-order chi connectivity index (χ0) is 12.3. The van der Waals surface area contributed by atoms with Crippen LogP contribution in [0.4, 0.5) is 0 Å². The van der Waals surface area contributed by atoms with E-state index >= 15 is 0 Å². The Kier molecular flexibility index (Phi) is 4.26. The van der Waals surface area contributed by atoms with Crippen molar-refractivity contribution in [2.24, 2.45) is 5.41 Å². The van der Waals surface area contributed by atoms with E-state index in [-0.39, 0.29) is 0 Å². The van der Waals surface area contributed by atoms with Crippen LogP contribution in [0.15, 0.2) is 16.8 Å². The van der Waals surface area contributed by atoms with Crippen molar-refractivity contribution in [3.05, 3.63) is 22.4 Å². The summed E-state index contributed by atoms with van der Waals surface area (Å²) in [7, 11) is 0. The van der Waals surface area contributed by atoms with E-state index < -0.39 is 0 Å². The summed E-state index contributed by atoms with van der Waals surface area (Å²) in [5.74, 6) is 0. The smallest absolute Gasteiger partial charge is 0.0121 e. The van der Waals surface area contributed by atoms with Crippen LogP contribution in [0, 0.1) is 5.41 Å². The summed E-state index contributed by atoms with van der Waals surface area (Å²) in [5, 5.41) is 8.29. The number of hydrogen-bond acceptors (Lipinski definition) is 2. The van der Waals surface area contributed by atoms with Crippen LogP contribution in [0.3, 0.4) is 0 Å². The maximum absolute atomic E-state index is 3.85. The van der Waals surface area contributed by atoms with Crippen molar-refractivity contribution >= 4 is 11.3 Å². The van der Waals surface area contributed by atoms with Gasteiger partial charge in [0.05, 0.1) is 0 Å². The molecule has 1 aromatic rings. The number of hydrogen-bond donors (Lipinski definition) is 1. The van der Waals surface area contributed by atoms with E-state index in [1.165, 1.54) is 31.2 Å². The molecule has 0 spiro atoms. The fraction of sp³-hybridized carbons (Fsp3) is 0.733. The average molecular weight is 251 g/mol. The third-order valence-corrected chi connectivity index (χ3v) is 4.85. The minimum absolute atomic E-state index is 0.473. The van der Waals surface area contributed by atoms with Crippen LogP contribution < -0.4 is 5.32 Å². The molecule has 1 aromatic heterocycles. The van der Waals surface area contributed by atoms with E-state index in [2.05, 4.69) is 42.9 Å². The number of thiophene rings is 1. The Morgan fingerprint density at radius 2 is 2.29 bits per heavy atom. The largest absolute Gasteiger partial charge is 0.311 e. The first-order valence-electron chi connectivity index (χ1n) is 6.85. The molecular formula is C15H25NS. The highest BCUT2D eigenvalue weighted by Crippen LogP contribution is 2.35. The molecule has 2 heteroatoms. The predicted octanol–water partition coefficient (Wildman–Crippen LogP) is 4.24. The van der Waals surface area contributed by atoms with Crippen LogP contribution in [-0.4, -0.2) is 12.1 Å². The van der Waals surface area contributed by atoms with Crippen LogP contribution in [-0.2, 0) is 6.42 Å². The monoisotopic (exact) mass is 251 g/mol. The van der Waals surface area contributed by atoms with Gasteiger partial charge in [-0.05, 0) is 54.0 Å². The summed E-state index contributed by atoms with van der Waals surface area (Å²) in [4.78, 5) is 0. The van der Waals surface area contributed by atoms with E-state index in [1.54, 1.807) is 11.3 Å². The van der Waals surface area contributed by atoms with Gasteiger partial charge in [-0.2, -0.15) is 11.3 Å². The zero-order valence-corrected chi connectivity index (χ0v) is 12.1. The van der Waals surface area contributed by atoms with Crippen molar-refractivity contribution in [2.45, 2.75) is 65.0 Å². The number of rotatable bonds is 4. The van der Waals surface area contributed by atoms with Gasteiger partial charge < -0.3 is 5.32 Å². The topological polar surface area (TPSA) is 12.0 Å². The maximum atomic E-state index is 3.85. The molecule has 2 unspecified atom stereocenters. The van der Waals surface area contributed by atoms with Gasteiger partial charge in [-0.1, -0.05) is 26.7 Å². The second kappa shape index (κ2) is 5.53. The summed E-state index contributed by atoms with van der Waals surface area (Å²) in [6.07, 6.45) is 6.68. The summed E-state index contributed by atoms with van der Waals surface area (Å²) in [6, 6.07) is 3.53. The van der Waals surface area contributed by atoms with Crippen molar-refractivity contribution in [2.75, 3.05) is 0 Å². The van der Waals surface area contributed by atoms with Crippen molar-refractivity contribution in [3.8, 4) is 0 Å². The van der Waals surface area contributed by atoms with Gasteiger partial charge in [0.1, 0.15) is 0 Å². The van der Waals surface area contributed by atoms with Crippen molar-refractivity contribution in [1.29, 1.82) is 0 Å². The van der Waals surface area contributed by atoms with Crippen LogP contribution in [0.5, 0.6) is 0 Å². The quantitative estimate of drug-likeness (QED) is 0.844. The van der Waals surface area contributed by atoms with E-state index in [9.17, 15) is 0 Å². The molecule has 0 saturated heterocycles. The molecule has 1 aliphatic rings. The van der Waals surface area contributed by atoms with Gasteiger partial charge >= 0.3 is 0 Å². The molecule has 1 nitrogen and oxygen atoms in total. The molecule has 1 aliphatic carbocycles. The molecule has 0 bridgehead atoms. The van der Waals surface area contributed by atoms with Crippen molar-refractivity contribution in [1.82, 2.24) is 5.32 Å². The van der Waals surface area contributed by atoms with Gasteiger partial charge in [-0.25, -0.2) is 0 Å². The summed E-state index contributed by atoms with van der Waals surface area (Å²) >= 11 is 1.80. The lowest BCUT2D eigenvalue weighted by atomic mass is 9.73. The molecule has 1 N–H and O–H groups in total. The van der Waals surface area contributed by atoms with Crippen molar-refractivity contribution < 1.29 is 0 Å². The minimum atomic E-state index is 0.473. The van der Waals surface area contributed by atoms with Gasteiger partial charge in [0.25, 0.3) is 0 Å². The minimum Gasteiger partial charge on any atom is -0.311 e. The lowest BCUT2D eigenvalue weighted by Gasteiger charge is -2.40.